The van der Waals surface area contributed by atoms with Crippen LogP contribution in [0.3, 0.4) is 0 Å². The zero-order valence-electron chi connectivity index (χ0n) is 24.6. The van der Waals surface area contributed by atoms with Crippen LogP contribution in [0.1, 0.15) is 44.1 Å². The van der Waals surface area contributed by atoms with E-state index in [1.807, 2.05) is 24.3 Å². The number of aromatic amines is 1. The second-order valence-electron chi connectivity index (χ2n) is 10.7. The molecule has 3 rings (SSSR count). The van der Waals surface area contributed by atoms with Crippen LogP contribution in [0.15, 0.2) is 40.4 Å². The quantitative estimate of drug-likeness (QED) is 0.0581. The van der Waals surface area contributed by atoms with Crippen LogP contribution in [0.4, 0.5) is 0 Å². The second-order valence-corrected chi connectivity index (χ2v) is 10.7. The number of aliphatic carboxylic acids is 1. The molecule has 2 heterocycles. The van der Waals surface area contributed by atoms with Gasteiger partial charge in [-0.3, -0.25) is 24.4 Å². The average Bonchev–Trinajstić information content (AvgIpc) is 3.63. The zero-order chi connectivity index (χ0) is 32.2. The molecule has 0 aliphatic carbocycles. The number of aliphatic imine (C=N–C) groups is 2. The first-order valence-electron chi connectivity index (χ1n) is 14.5. The van der Waals surface area contributed by atoms with Crippen molar-refractivity contribution < 1.29 is 24.3 Å². The number of carboxylic acid groups (broad SMARTS) is 1. The second kappa shape index (κ2) is 16.1. The predicted octanol–water partition coefficient (Wildman–Crippen LogP) is -1.81. The van der Waals surface area contributed by atoms with Crippen molar-refractivity contribution in [2.45, 2.75) is 69.1 Å². The monoisotopic (exact) mass is 613 g/mol. The number of likely N-dealkylation sites (tertiary alicyclic amines) is 1. The largest absolute Gasteiger partial charge is 0.480 e. The Labute approximate surface area is 254 Å². The van der Waals surface area contributed by atoms with Gasteiger partial charge in [0.25, 0.3) is 0 Å². The molecule has 0 saturated carbocycles. The van der Waals surface area contributed by atoms with Gasteiger partial charge in [-0.15, -0.1) is 0 Å². The number of amides is 3. The fourth-order valence-electron chi connectivity index (χ4n) is 5.19. The molecule has 0 radical (unpaired) electrons. The molecule has 0 spiro atoms. The number of para-hydroxylation sites is 1. The highest BCUT2D eigenvalue weighted by Gasteiger charge is 2.37. The van der Waals surface area contributed by atoms with Crippen molar-refractivity contribution in [3.05, 3.63) is 36.0 Å². The van der Waals surface area contributed by atoms with E-state index in [4.69, 9.17) is 28.7 Å². The van der Waals surface area contributed by atoms with E-state index >= 15 is 0 Å². The highest BCUT2D eigenvalue weighted by atomic mass is 16.4. The molecular weight excluding hydrogens is 570 g/mol. The molecule has 1 aromatic carbocycles. The lowest BCUT2D eigenvalue weighted by Gasteiger charge is -2.28. The molecule has 240 valence electrons. The minimum atomic E-state index is -1.26. The van der Waals surface area contributed by atoms with Gasteiger partial charge in [-0.25, -0.2) is 4.79 Å². The number of carboxylic acids is 1. The van der Waals surface area contributed by atoms with E-state index in [0.717, 1.165) is 16.5 Å². The van der Waals surface area contributed by atoms with Crippen LogP contribution in [-0.2, 0) is 25.6 Å². The van der Waals surface area contributed by atoms with Crippen LogP contribution in [0.2, 0.25) is 0 Å². The summed E-state index contributed by atoms with van der Waals surface area (Å²) in [6, 6.07) is 3.37. The fourth-order valence-corrected chi connectivity index (χ4v) is 5.19. The average molecular weight is 614 g/mol. The van der Waals surface area contributed by atoms with Crippen molar-refractivity contribution in [1.29, 1.82) is 0 Å². The number of benzene rings is 1. The number of hydrogen-bond acceptors (Lipinski definition) is 7. The lowest BCUT2D eigenvalue weighted by Crippen LogP contribution is -2.56. The zero-order valence-corrected chi connectivity index (χ0v) is 24.6. The number of aromatic nitrogens is 1. The Kier molecular flexibility index (Phi) is 12.3. The maximum Gasteiger partial charge on any atom is 0.326 e. The summed E-state index contributed by atoms with van der Waals surface area (Å²) < 4.78 is 0. The van der Waals surface area contributed by atoms with Gasteiger partial charge in [0, 0.05) is 43.2 Å². The third kappa shape index (κ3) is 9.58. The minimum absolute atomic E-state index is 0.0196. The van der Waals surface area contributed by atoms with E-state index < -0.39 is 42.0 Å². The fraction of sp³-hybridized carbons (Fsp3) is 0.500. The lowest BCUT2D eigenvalue weighted by atomic mass is 10.0. The summed E-state index contributed by atoms with van der Waals surface area (Å²) in [4.78, 5) is 64.4. The van der Waals surface area contributed by atoms with Gasteiger partial charge in [0.15, 0.2) is 11.9 Å². The third-order valence-electron chi connectivity index (χ3n) is 7.42. The van der Waals surface area contributed by atoms with Crippen molar-refractivity contribution in [3.63, 3.8) is 0 Å². The molecule has 1 aliphatic rings. The standard InChI is InChI=1S/C28H43N11O5/c29-18(7-3-11-34-27(30)31)25(42)39-13-5-10-22(39)24(41)37-20(9-4-12-35-28(32)33)23(40)38-21(26(43)44)14-16-15-36-19-8-2-1-6-17(16)19/h1-2,6,8,15,18,20-22,36H,3-5,7,9-14,29H2,(H,37,41)(H,38,40)(H,43,44)(H4,30,31,34)(H4,32,33,35)/t18-,20-,21-,22-/m0/s1. The molecule has 14 N–H and O–H groups in total. The highest BCUT2D eigenvalue weighted by Crippen LogP contribution is 2.21. The van der Waals surface area contributed by atoms with E-state index in [-0.39, 0.29) is 37.2 Å². The first kappa shape index (κ1) is 33.6. The molecule has 0 bridgehead atoms. The number of nitrogens with zero attached hydrogens (tertiary/aromatic N) is 3. The van der Waals surface area contributed by atoms with Crippen LogP contribution in [-0.4, -0.2) is 94.4 Å². The predicted molar refractivity (Wildman–Crippen MR) is 166 cm³/mol. The summed E-state index contributed by atoms with van der Waals surface area (Å²) in [5.41, 5.74) is 29.1. The van der Waals surface area contributed by atoms with Crippen molar-refractivity contribution in [2.75, 3.05) is 19.6 Å². The molecule has 1 saturated heterocycles. The minimum Gasteiger partial charge on any atom is -0.480 e. The Morgan fingerprint density at radius 2 is 1.64 bits per heavy atom. The number of H-pyrrole nitrogens is 1. The van der Waals surface area contributed by atoms with Crippen LogP contribution in [0, 0.1) is 0 Å². The molecule has 1 fully saturated rings. The van der Waals surface area contributed by atoms with Gasteiger partial charge >= 0.3 is 5.97 Å². The third-order valence-corrected chi connectivity index (χ3v) is 7.42. The molecule has 1 aromatic heterocycles. The summed E-state index contributed by atoms with van der Waals surface area (Å²) in [5, 5.41) is 16.1. The van der Waals surface area contributed by atoms with Gasteiger partial charge in [0.05, 0.1) is 6.04 Å². The van der Waals surface area contributed by atoms with Crippen LogP contribution >= 0.6 is 0 Å². The number of guanidine groups is 2. The number of hydrogen-bond donors (Lipinski definition) is 9. The molecule has 16 nitrogen and oxygen atoms in total. The molecule has 3 amide bonds. The number of carbonyl (C=O) groups excluding carboxylic acids is 3. The van der Waals surface area contributed by atoms with Gasteiger partial charge in [-0.05, 0) is 50.2 Å². The summed E-state index contributed by atoms with van der Waals surface area (Å²) in [7, 11) is 0. The van der Waals surface area contributed by atoms with Crippen molar-refractivity contribution >= 4 is 46.5 Å². The topological polar surface area (TPSA) is 286 Å². The number of rotatable bonds is 16. The molecule has 2 aromatic rings. The summed E-state index contributed by atoms with van der Waals surface area (Å²) >= 11 is 0. The Bertz CT molecular complexity index is 1370. The first-order valence-corrected chi connectivity index (χ1v) is 14.5. The number of carbonyl (C=O) groups is 4. The van der Waals surface area contributed by atoms with E-state index in [2.05, 4.69) is 25.6 Å². The molecule has 16 heteroatoms. The smallest absolute Gasteiger partial charge is 0.326 e. The van der Waals surface area contributed by atoms with E-state index in [9.17, 15) is 24.3 Å². The number of nitrogens with two attached hydrogens (primary N) is 5. The molecular formula is C28H43N11O5. The Morgan fingerprint density at radius 1 is 0.977 bits per heavy atom. The Morgan fingerprint density at radius 3 is 2.30 bits per heavy atom. The van der Waals surface area contributed by atoms with E-state index in [1.54, 1.807) is 6.20 Å². The maximum absolute atomic E-state index is 13.4. The molecule has 44 heavy (non-hydrogen) atoms. The Balaban J connectivity index is 1.70. The molecule has 1 aliphatic heterocycles. The Hall–Kier alpha value is -4.86. The van der Waals surface area contributed by atoms with E-state index in [1.165, 1.54) is 4.90 Å². The first-order chi connectivity index (χ1) is 21.0. The molecule has 0 unspecified atom stereocenters. The van der Waals surface area contributed by atoms with Crippen molar-refractivity contribution in [1.82, 2.24) is 20.5 Å². The van der Waals surface area contributed by atoms with Crippen molar-refractivity contribution in [2.24, 2.45) is 38.7 Å². The highest BCUT2D eigenvalue weighted by molar-refractivity contribution is 5.94. The van der Waals surface area contributed by atoms with Gasteiger partial charge in [0.2, 0.25) is 17.7 Å². The number of nitrogens with one attached hydrogen (secondary N) is 3. The van der Waals surface area contributed by atoms with Gasteiger partial charge in [-0.2, -0.15) is 0 Å². The van der Waals surface area contributed by atoms with Crippen molar-refractivity contribution in [3.8, 4) is 0 Å². The van der Waals surface area contributed by atoms with Crippen LogP contribution < -0.4 is 39.3 Å². The number of fused-ring (bicyclic) bond motifs is 1. The maximum atomic E-state index is 13.4. The van der Waals surface area contributed by atoms with E-state index in [0.29, 0.717) is 45.2 Å². The summed E-state index contributed by atoms with van der Waals surface area (Å²) in [6.07, 6.45) is 3.95. The van der Waals surface area contributed by atoms with Crippen LogP contribution in [0.25, 0.3) is 10.9 Å². The normalized spacial score (nSPS) is 16.5. The van der Waals surface area contributed by atoms with Crippen LogP contribution in [0.5, 0.6) is 0 Å². The van der Waals surface area contributed by atoms with Gasteiger partial charge in [0.1, 0.15) is 18.1 Å². The summed E-state index contributed by atoms with van der Waals surface area (Å²) in [5.74, 6) is -2.99. The SMILES string of the molecule is NC(N)=NCCC[C@H](NC(=O)[C@@H]1CCCN1C(=O)[C@@H](N)CCCN=C(N)N)C(=O)N[C@@H](Cc1c[nH]c2ccccc12)C(=O)O. The lowest BCUT2D eigenvalue weighted by molar-refractivity contribution is -0.143. The van der Waals surface area contributed by atoms with Gasteiger partial charge in [-0.1, -0.05) is 18.2 Å². The molecule has 4 atom stereocenters. The summed E-state index contributed by atoms with van der Waals surface area (Å²) in [6.45, 7) is 0.857. The van der Waals surface area contributed by atoms with Gasteiger partial charge < -0.3 is 54.3 Å².